The Morgan fingerprint density at radius 1 is 0.833 bits per heavy atom. The van der Waals surface area contributed by atoms with Gasteiger partial charge in [-0.1, -0.05) is 60.7 Å². The van der Waals surface area contributed by atoms with E-state index in [4.69, 9.17) is 0 Å². The Kier molecular flexibility index (Phi) is 5.63. The maximum absolute atomic E-state index is 13.1. The maximum Gasteiger partial charge on any atom is 0.282 e. The molecule has 1 saturated heterocycles. The molecule has 5 nitrogen and oxygen atoms in total. The summed E-state index contributed by atoms with van der Waals surface area (Å²) in [6.07, 6.45) is 0. The summed E-state index contributed by atoms with van der Waals surface area (Å²) in [6, 6.07) is 19.5. The molecule has 0 aliphatic carbocycles. The largest absolute Gasteiger partial charge is 0.314 e. The Balaban J connectivity index is 1.85. The van der Waals surface area contributed by atoms with Crippen LogP contribution in [0.3, 0.4) is 0 Å². The highest BCUT2D eigenvalue weighted by Crippen LogP contribution is 2.18. The highest BCUT2D eigenvalue weighted by atomic mass is 32.2. The highest BCUT2D eigenvalue weighted by molar-refractivity contribution is 7.86. The van der Waals surface area contributed by atoms with Gasteiger partial charge in [-0.25, -0.2) is 0 Å². The number of hydrogen-bond acceptors (Lipinski definition) is 3. The molecule has 0 radical (unpaired) electrons. The van der Waals surface area contributed by atoms with Crippen molar-refractivity contribution in [3.8, 4) is 0 Å². The number of nitrogens with one attached hydrogen (secondary N) is 1. The Bertz CT molecular complexity index is 688. The van der Waals surface area contributed by atoms with E-state index in [2.05, 4.69) is 5.32 Å². The zero-order valence-electron chi connectivity index (χ0n) is 13.6. The lowest BCUT2D eigenvalue weighted by Gasteiger charge is -2.32. The number of nitrogens with zero attached hydrogens (tertiary/aromatic N) is 2. The predicted molar refractivity (Wildman–Crippen MR) is 95.5 cm³/mol. The second-order valence-corrected chi connectivity index (χ2v) is 7.82. The van der Waals surface area contributed by atoms with Crippen LogP contribution in [-0.2, 0) is 23.3 Å². The molecule has 0 spiro atoms. The van der Waals surface area contributed by atoms with Gasteiger partial charge in [0.1, 0.15) is 0 Å². The molecule has 0 aromatic heterocycles. The Morgan fingerprint density at radius 2 is 1.29 bits per heavy atom. The molecule has 0 unspecified atom stereocenters. The number of rotatable bonds is 6. The van der Waals surface area contributed by atoms with Crippen LogP contribution in [-0.4, -0.2) is 43.2 Å². The van der Waals surface area contributed by atoms with Crippen LogP contribution in [0.5, 0.6) is 0 Å². The van der Waals surface area contributed by atoms with Gasteiger partial charge < -0.3 is 5.32 Å². The lowest BCUT2D eigenvalue weighted by molar-refractivity contribution is 0.305. The molecule has 0 saturated carbocycles. The molecular formula is C18H23N3O2S. The van der Waals surface area contributed by atoms with Crippen LogP contribution in [0.2, 0.25) is 0 Å². The van der Waals surface area contributed by atoms with Gasteiger partial charge >= 0.3 is 0 Å². The Hall–Kier alpha value is -1.73. The third kappa shape index (κ3) is 4.21. The van der Waals surface area contributed by atoms with E-state index in [0.717, 1.165) is 11.1 Å². The topological polar surface area (TPSA) is 52.7 Å². The van der Waals surface area contributed by atoms with Crippen LogP contribution >= 0.6 is 0 Å². The molecule has 0 atom stereocenters. The van der Waals surface area contributed by atoms with Gasteiger partial charge in [0.25, 0.3) is 10.2 Å². The fourth-order valence-electron chi connectivity index (χ4n) is 2.83. The maximum atomic E-state index is 13.1. The molecular weight excluding hydrogens is 322 g/mol. The normalized spacial score (nSPS) is 16.4. The summed E-state index contributed by atoms with van der Waals surface area (Å²) in [5, 5.41) is 3.20. The fourth-order valence-corrected chi connectivity index (χ4v) is 4.43. The van der Waals surface area contributed by atoms with E-state index in [1.807, 2.05) is 60.7 Å². The first kappa shape index (κ1) is 17.1. The van der Waals surface area contributed by atoms with E-state index in [1.54, 1.807) is 8.61 Å². The second kappa shape index (κ2) is 7.90. The quantitative estimate of drug-likeness (QED) is 0.869. The smallest absolute Gasteiger partial charge is 0.282 e. The van der Waals surface area contributed by atoms with E-state index in [9.17, 15) is 8.42 Å². The minimum absolute atomic E-state index is 0.377. The summed E-state index contributed by atoms with van der Waals surface area (Å²) in [7, 11) is -3.49. The van der Waals surface area contributed by atoms with Crippen molar-refractivity contribution < 1.29 is 8.42 Å². The van der Waals surface area contributed by atoms with Crippen molar-refractivity contribution in [2.45, 2.75) is 13.1 Å². The summed E-state index contributed by atoms with van der Waals surface area (Å²) in [4.78, 5) is 0. The van der Waals surface area contributed by atoms with Crippen LogP contribution < -0.4 is 5.32 Å². The average Bonchev–Trinajstić information content (AvgIpc) is 2.64. The second-order valence-electron chi connectivity index (χ2n) is 5.90. The van der Waals surface area contributed by atoms with Crippen molar-refractivity contribution in [1.29, 1.82) is 0 Å². The van der Waals surface area contributed by atoms with Crippen LogP contribution in [0.15, 0.2) is 60.7 Å². The molecule has 3 rings (SSSR count). The van der Waals surface area contributed by atoms with Crippen LogP contribution in [0.4, 0.5) is 0 Å². The molecule has 24 heavy (non-hydrogen) atoms. The Labute approximate surface area is 144 Å². The predicted octanol–water partition coefficient (Wildman–Crippen LogP) is 1.84. The lowest BCUT2D eigenvalue weighted by Crippen LogP contribution is -2.51. The molecule has 128 valence electrons. The zero-order chi connectivity index (χ0) is 16.8. The summed E-state index contributed by atoms with van der Waals surface area (Å²) in [5.74, 6) is 0. The summed E-state index contributed by atoms with van der Waals surface area (Å²) in [5.41, 5.74) is 1.99. The highest BCUT2D eigenvalue weighted by Gasteiger charge is 2.30. The van der Waals surface area contributed by atoms with E-state index in [0.29, 0.717) is 39.3 Å². The standard InChI is InChI=1S/C18H23N3O2S/c22-24(23,20-13-11-19-12-14-20)21(15-17-7-3-1-4-8-17)16-18-9-5-2-6-10-18/h1-10,19H,11-16H2. The van der Waals surface area contributed by atoms with Crippen molar-refractivity contribution in [3.05, 3.63) is 71.8 Å². The molecule has 1 aliphatic heterocycles. The van der Waals surface area contributed by atoms with Gasteiger partial charge in [-0.05, 0) is 11.1 Å². The van der Waals surface area contributed by atoms with Crippen molar-refractivity contribution in [3.63, 3.8) is 0 Å². The van der Waals surface area contributed by atoms with Crippen molar-refractivity contribution >= 4 is 10.2 Å². The zero-order valence-corrected chi connectivity index (χ0v) is 14.5. The molecule has 2 aromatic carbocycles. The molecule has 1 heterocycles. The number of hydrogen-bond donors (Lipinski definition) is 1. The number of piperazine rings is 1. The SMILES string of the molecule is O=S(=O)(N1CCNCC1)N(Cc1ccccc1)Cc1ccccc1. The van der Waals surface area contributed by atoms with Gasteiger partial charge in [0, 0.05) is 39.3 Å². The Morgan fingerprint density at radius 3 is 1.75 bits per heavy atom. The molecule has 1 aliphatic rings. The van der Waals surface area contributed by atoms with Crippen molar-refractivity contribution in [2.75, 3.05) is 26.2 Å². The van der Waals surface area contributed by atoms with Gasteiger partial charge in [0.2, 0.25) is 0 Å². The van der Waals surface area contributed by atoms with Crippen molar-refractivity contribution in [1.82, 2.24) is 13.9 Å². The minimum atomic E-state index is -3.49. The molecule has 1 N–H and O–H groups in total. The monoisotopic (exact) mass is 345 g/mol. The molecule has 0 bridgehead atoms. The van der Waals surface area contributed by atoms with Gasteiger partial charge in [0.05, 0.1) is 0 Å². The first-order chi connectivity index (χ1) is 11.7. The molecule has 6 heteroatoms. The average molecular weight is 345 g/mol. The van der Waals surface area contributed by atoms with E-state index in [1.165, 1.54) is 0 Å². The van der Waals surface area contributed by atoms with E-state index >= 15 is 0 Å². The van der Waals surface area contributed by atoms with E-state index in [-0.39, 0.29) is 0 Å². The van der Waals surface area contributed by atoms with Gasteiger partial charge in [-0.3, -0.25) is 0 Å². The summed E-state index contributed by atoms with van der Waals surface area (Å²) in [6.45, 7) is 3.18. The first-order valence-corrected chi connectivity index (χ1v) is 9.60. The van der Waals surface area contributed by atoms with Crippen LogP contribution in [0.1, 0.15) is 11.1 Å². The van der Waals surface area contributed by atoms with E-state index < -0.39 is 10.2 Å². The molecule has 1 fully saturated rings. The molecule has 0 amide bonds. The minimum Gasteiger partial charge on any atom is -0.314 e. The first-order valence-electron chi connectivity index (χ1n) is 8.20. The third-order valence-electron chi connectivity index (χ3n) is 4.13. The lowest BCUT2D eigenvalue weighted by atomic mass is 10.2. The van der Waals surface area contributed by atoms with Crippen molar-refractivity contribution in [2.24, 2.45) is 0 Å². The summed E-state index contributed by atoms with van der Waals surface area (Å²) < 4.78 is 29.4. The third-order valence-corrected chi connectivity index (χ3v) is 6.06. The fraction of sp³-hybridized carbons (Fsp3) is 0.333. The van der Waals surface area contributed by atoms with Gasteiger partial charge in [0.15, 0.2) is 0 Å². The number of benzene rings is 2. The summed E-state index contributed by atoms with van der Waals surface area (Å²) >= 11 is 0. The molecule has 2 aromatic rings. The van der Waals surface area contributed by atoms with Gasteiger partial charge in [-0.2, -0.15) is 17.0 Å². The van der Waals surface area contributed by atoms with Crippen LogP contribution in [0, 0.1) is 0 Å². The van der Waals surface area contributed by atoms with Gasteiger partial charge in [-0.15, -0.1) is 0 Å². The van der Waals surface area contributed by atoms with Crippen LogP contribution in [0.25, 0.3) is 0 Å².